The maximum Gasteiger partial charge on any atom is 0.314 e. The van der Waals surface area contributed by atoms with Gasteiger partial charge in [-0.05, 0) is 12.8 Å². The van der Waals surface area contributed by atoms with E-state index in [1.54, 1.807) is 7.11 Å². The van der Waals surface area contributed by atoms with Gasteiger partial charge in [0, 0.05) is 26.8 Å². The van der Waals surface area contributed by atoms with E-state index in [9.17, 15) is 4.79 Å². The van der Waals surface area contributed by atoms with Crippen molar-refractivity contribution in [1.82, 2.24) is 10.6 Å². The lowest BCUT2D eigenvalue weighted by molar-refractivity contribution is 0.193. The Morgan fingerprint density at radius 3 is 2.58 bits per heavy atom. The van der Waals surface area contributed by atoms with Gasteiger partial charge in [-0.1, -0.05) is 6.92 Å². The van der Waals surface area contributed by atoms with Crippen molar-refractivity contribution in [3.8, 4) is 0 Å². The van der Waals surface area contributed by atoms with E-state index in [0.717, 1.165) is 19.4 Å². The molecule has 0 rings (SSSR count). The van der Waals surface area contributed by atoms with Crippen LogP contribution in [0, 0.1) is 0 Å². The van der Waals surface area contributed by atoms with Gasteiger partial charge in [-0.2, -0.15) is 0 Å². The number of ether oxygens (including phenoxy) is 1. The molecule has 0 aromatic heterocycles. The first-order valence-electron chi connectivity index (χ1n) is 4.32. The summed E-state index contributed by atoms with van der Waals surface area (Å²) in [6.07, 6.45) is 1.82. The molecule has 0 aliphatic carbocycles. The molecule has 72 valence electrons. The van der Waals surface area contributed by atoms with Crippen LogP contribution in [0.3, 0.4) is 0 Å². The van der Waals surface area contributed by atoms with Gasteiger partial charge in [0.15, 0.2) is 0 Å². The monoisotopic (exact) mass is 174 g/mol. The second kappa shape index (κ2) is 8.33. The van der Waals surface area contributed by atoms with Crippen molar-refractivity contribution in [2.45, 2.75) is 19.8 Å². The van der Waals surface area contributed by atoms with Crippen LogP contribution < -0.4 is 10.6 Å². The van der Waals surface area contributed by atoms with Gasteiger partial charge in [-0.3, -0.25) is 0 Å². The summed E-state index contributed by atoms with van der Waals surface area (Å²) in [6, 6.07) is -0.0899. The molecular formula is C8H18N2O2. The summed E-state index contributed by atoms with van der Waals surface area (Å²) >= 11 is 0. The smallest absolute Gasteiger partial charge is 0.314 e. The van der Waals surface area contributed by atoms with Gasteiger partial charge in [0.1, 0.15) is 0 Å². The van der Waals surface area contributed by atoms with Gasteiger partial charge < -0.3 is 15.4 Å². The van der Waals surface area contributed by atoms with Crippen LogP contribution in [0.15, 0.2) is 0 Å². The van der Waals surface area contributed by atoms with Gasteiger partial charge >= 0.3 is 6.03 Å². The maximum atomic E-state index is 10.9. The normalized spacial score (nSPS) is 9.50. The van der Waals surface area contributed by atoms with E-state index in [-0.39, 0.29) is 6.03 Å². The van der Waals surface area contributed by atoms with Crippen LogP contribution in [0.25, 0.3) is 0 Å². The molecule has 0 fully saturated rings. The summed E-state index contributed by atoms with van der Waals surface area (Å²) in [5, 5.41) is 5.44. The lowest BCUT2D eigenvalue weighted by atomic mass is 10.4. The molecule has 0 aromatic rings. The Bertz CT molecular complexity index is 118. The fourth-order valence-electron chi connectivity index (χ4n) is 0.719. The fourth-order valence-corrected chi connectivity index (χ4v) is 0.719. The molecule has 0 heterocycles. The van der Waals surface area contributed by atoms with Crippen molar-refractivity contribution >= 4 is 6.03 Å². The maximum absolute atomic E-state index is 10.9. The zero-order valence-electron chi connectivity index (χ0n) is 7.85. The number of hydrogen-bond acceptors (Lipinski definition) is 2. The first-order chi connectivity index (χ1) is 5.81. The molecule has 4 heteroatoms. The molecule has 0 bridgehead atoms. The highest BCUT2D eigenvalue weighted by atomic mass is 16.5. The quantitative estimate of drug-likeness (QED) is 0.583. The van der Waals surface area contributed by atoms with E-state index >= 15 is 0 Å². The highest BCUT2D eigenvalue weighted by Gasteiger charge is 1.95. The molecular weight excluding hydrogens is 156 g/mol. The first-order valence-corrected chi connectivity index (χ1v) is 4.32. The summed E-state index contributed by atoms with van der Waals surface area (Å²) < 4.78 is 4.83. The molecule has 4 nitrogen and oxygen atoms in total. The molecule has 0 unspecified atom stereocenters. The number of carbonyl (C=O) groups excluding carboxylic acids is 1. The van der Waals surface area contributed by atoms with Crippen molar-refractivity contribution in [3.63, 3.8) is 0 Å². The lowest BCUT2D eigenvalue weighted by Gasteiger charge is -2.05. The van der Waals surface area contributed by atoms with Crippen LogP contribution in [0.5, 0.6) is 0 Å². The van der Waals surface area contributed by atoms with E-state index in [1.165, 1.54) is 0 Å². The molecule has 0 saturated heterocycles. The highest BCUT2D eigenvalue weighted by Crippen LogP contribution is 1.77. The zero-order chi connectivity index (χ0) is 9.23. The zero-order valence-corrected chi connectivity index (χ0v) is 7.85. The average molecular weight is 174 g/mol. The van der Waals surface area contributed by atoms with Gasteiger partial charge in [0.2, 0.25) is 0 Å². The summed E-state index contributed by atoms with van der Waals surface area (Å²) in [5.74, 6) is 0. The van der Waals surface area contributed by atoms with Gasteiger partial charge in [-0.25, -0.2) is 4.79 Å². The van der Waals surface area contributed by atoms with Crippen molar-refractivity contribution in [3.05, 3.63) is 0 Å². The van der Waals surface area contributed by atoms with Crippen LogP contribution in [0.1, 0.15) is 19.8 Å². The Hall–Kier alpha value is -0.770. The second-order valence-corrected chi connectivity index (χ2v) is 2.53. The Morgan fingerprint density at radius 1 is 1.33 bits per heavy atom. The summed E-state index contributed by atoms with van der Waals surface area (Å²) in [5.41, 5.74) is 0. The van der Waals surface area contributed by atoms with Crippen molar-refractivity contribution in [2.75, 3.05) is 26.8 Å². The first kappa shape index (κ1) is 11.2. The summed E-state index contributed by atoms with van der Waals surface area (Å²) in [6.45, 7) is 4.11. The number of rotatable bonds is 6. The number of methoxy groups -OCH3 is 1. The van der Waals surface area contributed by atoms with Crippen LogP contribution in [0.4, 0.5) is 4.79 Å². The number of amides is 2. The molecule has 0 radical (unpaired) electrons. The fraction of sp³-hybridized carbons (Fsp3) is 0.875. The largest absolute Gasteiger partial charge is 0.385 e. The molecule has 0 saturated carbocycles. The van der Waals surface area contributed by atoms with Crippen molar-refractivity contribution < 1.29 is 9.53 Å². The minimum absolute atomic E-state index is 0.0899. The predicted molar refractivity (Wildman–Crippen MR) is 48.2 cm³/mol. The molecule has 2 N–H and O–H groups in total. The summed E-state index contributed by atoms with van der Waals surface area (Å²) in [7, 11) is 1.65. The minimum atomic E-state index is -0.0899. The second-order valence-electron chi connectivity index (χ2n) is 2.53. The van der Waals surface area contributed by atoms with Crippen LogP contribution in [-0.4, -0.2) is 32.8 Å². The van der Waals surface area contributed by atoms with E-state index in [2.05, 4.69) is 10.6 Å². The molecule has 0 aromatic carbocycles. The third kappa shape index (κ3) is 7.34. The van der Waals surface area contributed by atoms with Crippen molar-refractivity contribution in [2.24, 2.45) is 0 Å². The topological polar surface area (TPSA) is 50.4 Å². The van der Waals surface area contributed by atoms with Crippen LogP contribution >= 0.6 is 0 Å². The molecule has 0 aliphatic rings. The molecule has 2 amide bonds. The minimum Gasteiger partial charge on any atom is -0.385 e. The van der Waals surface area contributed by atoms with E-state index in [4.69, 9.17) is 4.74 Å². The number of carbonyl (C=O) groups is 1. The SMILES string of the molecule is CCCNC(=O)NCCCOC. The van der Waals surface area contributed by atoms with Gasteiger partial charge in [0.25, 0.3) is 0 Å². The Labute approximate surface area is 73.7 Å². The third-order valence-corrected chi connectivity index (χ3v) is 1.35. The number of hydrogen-bond donors (Lipinski definition) is 2. The summed E-state index contributed by atoms with van der Waals surface area (Å²) in [4.78, 5) is 10.9. The predicted octanol–water partition coefficient (Wildman–Crippen LogP) is 0.732. The van der Waals surface area contributed by atoms with Crippen LogP contribution in [0.2, 0.25) is 0 Å². The Balaban J connectivity index is 3.08. The Morgan fingerprint density at radius 2 is 2.00 bits per heavy atom. The standard InChI is InChI=1S/C8H18N2O2/c1-3-5-9-8(11)10-6-4-7-12-2/h3-7H2,1-2H3,(H2,9,10,11). The van der Waals surface area contributed by atoms with E-state index < -0.39 is 0 Å². The molecule has 0 aliphatic heterocycles. The Kier molecular flexibility index (Phi) is 7.79. The number of urea groups is 1. The van der Waals surface area contributed by atoms with Crippen molar-refractivity contribution in [1.29, 1.82) is 0 Å². The van der Waals surface area contributed by atoms with Gasteiger partial charge in [0.05, 0.1) is 0 Å². The van der Waals surface area contributed by atoms with Gasteiger partial charge in [-0.15, -0.1) is 0 Å². The third-order valence-electron chi connectivity index (χ3n) is 1.35. The van der Waals surface area contributed by atoms with E-state index in [1.807, 2.05) is 6.92 Å². The lowest BCUT2D eigenvalue weighted by Crippen LogP contribution is -2.36. The molecule has 0 spiro atoms. The molecule has 12 heavy (non-hydrogen) atoms. The average Bonchev–Trinajstić information content (AvgIpc) is 2.09. The molecule has 0 atom stereocenters. The van der Waals surface area contributed by atoms with E-state index in [0.29, 0.717) is 13.2 Å². The number of nitrogens with one attached hydrogen (secondary N) is 2. The highest BCUT2D eigenvalue weighted by molar-refractivity contribution is 5.73. The van der Waals surface area contributed by atoms with Crippen LogP contribution in [-0.2, 0) is 4.74 Å².